The normalized spacial score (nSPS) is 13.5. The highest BCUT2D eigenvalue weighted by molar-refractivity contribution is 6.31. The van der Waals surface area contributed by atoms with Crippen molar-refractivity contribution in [2.75, 3.05) is 17.7 Å². The molecular formula is C16H17ClN4O2. The number of rotatable bonds is 5. The Labute approximate surface area is 139 Å². The third-order valence-electron chi connectivity index (χ3n) is 3.61. The van der Waals surface area contributed by atoms with Crippen LogP contribution in [0.15, 0.2) is 24.3 Å². The molecule has 1 aromatic carbocycles. The van der Waals surface area contributed by atoms with Gasteiger partial charge in [0, 0.05) is 17.0 Å². The van der Waals surface area contributed by atoms with Crippen LogP contribution in [0.2, 0.25) is 5.02 Å². The van der Waals surface area contributed by atoms with Gasteiger partial charge in [0.25, 0.3) is 0 Å². The number of nitrogens with one attached hydrogen (secondary N) is 2. The molecule has 7 heteroatoms. The van der Waals surface area contributed by atoms with Crippen molar-refractivity contribution in [3.05, 3.63) is 34.9 Å². The summed E-state index contributed by atoms with van der Waals surface area (Å²) >= 11 is 6.09. The second kappa shape index (κ2) is 6.42. The molecule has 6 nitrogen and oxygen atoms in total. The first-order valence-electron chi connectivity index (χ1n) is 7.32. The van der Waals surface area contributed by atoms with Crippen LogP contribution in [0.25, 0.3) is 0 Å². The van der Waals surface area contributed by atoms with E-state index in [9.17, 15) is 4.79 Å². The zero-order valence-corrected chi connectivity index (χ0v) is 13.6. The molecule has 0 aliphatic heterocycles. The van der Waals surface area contributed by atoms with Crippen molar-refractivity contribution in [1.29, 1.82) is 0 Å². The van der Waals surface area contributed by atoms with Crippen LogP contribution in [-0.4, -0.2) is 23.2 Å². The number of amides is 1. The molecule has 1 aliphatic rings. The van der Waals surface area contributed by atoms with Crippen molar-refractivity contribution in [1.82, 2.24) is 10.2 Å². The first-order valence-corrected chi connectivity index (χ1v) is 7.70. The number of aromatic nitrogens is 2. The molecule has 1 heterocycles. The van der Waals surface area contributed by atoms with Gasteiger partial charge < -0.3 is 15.4 Å². The number of nitrogens with zero attached hydrogens (tertiary/aromatic N) is 2. The molecule has 1 fully saturated rings. The number of anilines is 3. The molecule has 23 heavy (non-hydrogen) atoms. The maximum absolute atomic E-state index is 11.7. The van der Waals surface area contributed by atoms with E-state index in [1.165, 1.54) is 0 Å². The highest BCUT2D eigenvalue weighted by Gasteiger charge is 2.29. The molecule has 0 atom stereocenters. The second-order valence-corrected chi connectivity index (χ2v) is 5.90. The standard InChI is InChI=1S/C16H17ClN4O2/c1-9-7-12(13(23-2)8-11(9)17)18-14-5-6-15(21-20-14)19-16(22)10-3-4-10/h5-8,10H,3-4H2,1-2H3,(H,18,20)(H,19,21,22). The van der Waals surface area contributed by atoms with Crippen LogP contribution in [0.5, 0.6) is 5.75 Å². The van der Waals surface area contributed by atoms with E-state index >= 15 is 0 Å². The molecule has 1 aromatic heterocycles. The first-order chi connectivity index (χ1) is 11.1. The summed E-state index contributed by atoms with van der Waals surface area (Å²) in [6, 6.07) is 7.09. The topological polar surface area (TPSA) is 76.1 Å². The van der Waals surface area contributed by atoms with Crippen LogP contribution in [0.3, 0.4) is 0 Å². The van der Waals surface area contributed by atoms with E-state index in [-0.39, 0.29) is 11.8 Å². The smallest absolute Gasteiger partial charge is 0.228 e. The van der Waals surface area contributed by atoms with Crippen LogP contribution in [0, 0.1) is 12.8 Å². The summed E-state index contributed by atoms with van der Waals surface area (Å²) in [5.74, 6) is 1.76. The number of methoxy groups -OCH3 is 1. The molecule has 120 valence electrons. The number of aryl methyl sites for hydroxylation is 1. The molecule has 1 saturated carbocycles. The summed E-state index contributed by atoms with van der Waals surface area (Å²) in [5.41, 5.74) is 1.68. The molecule has 0 spiro atoms. The maximum Gasteiger partial charge on any atom is 0.228 e. The third kappa shape index (κ3) is 3.71. The lowest BCUT2D eigenvalue weighted by atomic mass is 10.2. The average molecular weight is 333 g/mol. The number of halogens is 1. The van der Waals surface area contributed by atoms with Crippen LogP contribution in [0.4, 0.5) is 17.3 Å². The molecule has 2 N–H and O–H groups in total. The number of carbonyl (C=O) groups excluding carboxylic acids is 1. The van der Waals surface area contributed by atoms with Crippen molar-refractivity contribution < 1.29 is 9.53 Å². The Balaban J connectivity index is 1.73. The summed E-state index contributed by atoms with van der Waals surface area (Å²) < 4.78 is 5.31. The van der Waals surface area contributed by atoms with Gasteiger partial charge in [0.05, 0.1) is 12.8 Å². The Bertz CT molecular complexity index is 730. The van der Waals surface area contributed by atoms with Crippen molar-refractivity contribution in [2.24, 2.45) is 5.92 Å². The van der Waals surface area contributed by atoms with Gasteiger partial charge in [-0.05, 0) is 43.5 Å². The van der Waals surface area contributed by atoms with Gasteiger partial charge in [0.15, 0.2) is 11.6 Å². The van der Waals surface area contributed by atoms with Gasteiger partial charge in [0.1, 0.15) is 5.75 Å². The zero-order valence-electron chi connectivity index (χ0n) is 12.9. The summed E-state index contributed by atoms with van der Waals surface area (Å²) in [6.45, 7) is 1.91. The molecule has 1 amide bonds. The van der Waals surface area contributed by atoms with Crippen LogP contribution < -0.4 is 15.4 Å². The fourth-order valence-electron chi connectivity index (χ4n) is 2.11. The summed E-state index contributed by atoms with van der Waals surface area (Å²) in [6.07, 6.45) is 1.91. The number of ether oxygens (including phenoxy) is 1. The van der Waals surface area contributed by atoms with Gasteiger partial charge >= 0.3 is 0 Å². The fourth-order valence-corrected chi connectivity index (χ4v) is 2.26. The predicted octanol–water partition coefficient (Wildman–Crippen LogP) is 3.54. The van der Waals surface area contributed by atoms with Crippen LogP contribution in [-0.2, 0) is 4.79 Å². The van der Waals surface area contributed by atoms with Gasteiger partial charge in [0.2, 0.25) is 5.91 Å². The second-order valence-electron chi connectivity index (χ2n) is 5.49. The highest BCUT2D eigenvalue weighted by atomic mass is 35.5. The number of hydrogen-bond donors (Lipinski definition) is 2. The van der Waals surface area contributed by atoms with E-state index in [4.69, 9.17) is 16.3 Å². The Morgan fingerprint density at radius 3 is 2.57 bits per heavy atom. The molecule has 0 saturated heterocycles. The molecular weight excluding hydrogens is 316 g/mol. The molecule has 0 unspecified atom stereocenters. The average Bonchev–Trinajstić information content (AvgIpc) is 3.37. The lowest BCUT2D eigenvalue weighted by molar-refractivity contribution is -0.117. The van der Waals surface area contributed by atoms with Crippen molar-refractivity contribution in [3.63, 3.8) is 0 Å². The van der Waals surface area contributed by atoms with E-state index in [1.807, 2.05) is 13.0 Å². The van der Waals surface area contributed by atoms with E-state index in [0.29, 0.717) is 22.4 Å². The van der Waals surface area contributed by atoms with Gasteiger partial charge in [-0.15, -0.1) is 10.2 Å². The van der Waals surface area contributed by atoms with E-state index in [0.717, 1.165) is 24.1 Å². The Morgan fingerprint density at radius 1 is 1.26 bits per heavy atom. The Hall–Kier alpha value is -2.34. The van der Waals surface area contributed by atoms with Crippen molar-refractivity contribution in [3.8, 4) is 5.75 Å². The Morgan fingerprint density at radius 2 is 1.96 bits per heavy atom. The van der Waals surface area contributed by atoms with Crippen LogP contribution >= 0.6 is 11.6 Å². The summed E-state index contributed by atoms with van der Waals surface area (Å²) in [4.78, 5) is 11.7. The molecule has 2 aromatic rings. The minimum Gasteiger partial charge on any atom is -0.495 e. The van der Waals surface area contributed by atoms with Crippen molar-refractivity contribution >= 4 is 34.8 Å². The first kappa shape index (κ1) is 15.6. The van der Waals surface area contributed by atoms with E-state index in [2.05, 4.69) is 20.8 Å². The largest absolute Gasteiger partial charge is 0.495 e. The predicted molar refractivity (Wildman–Crippen MR) is 89.4 cm³/mol. The highest BCUT2D eigenvalue weighted by Crippen LogP contribution is 2.33. The summed E-state index contributed by atoms with van der Waals surface area (Å²) in [5, 5.41) is 14.6. The number of carbonyl (C=O) groups is 1. The quantitative estimate of drug-likeness (QED) is 0.875. The maximum atomic E-state index is 11.7. The molecule has 0 radical (unpaired) electrons. The molecule has 1 aliphatic carbocycles. The SMILES string of the molecule is COc1cc(Cl)c(C)cc1Nc1ccc(NC(=O)C2CC2)nn1. The Kier molecular flexibility index (Phi) is 4.34. The monoisotopic (exact) mass is 332 g/mol. The van der Waals surface area contributed by atoms with E-state index < -0.39 is 0 Å². The minimum absolute atomic E-state index is 0.00926. The minimum atomic E-state index is 0.00926. The van der Waals surface area contributed by atoms with Gasteiger partial charge in [-0.2, -0.15) is 0 Å². The van der Waals surface area contributed by atoms with Gasteiger partial charge in [-0.1, -0.05) is 11.6 Å². The zero-order chi connectivity index (χ0) is 16.4. The van der Waals surface area contributed by atoms with Crippen molar-refractivity contribution in [2.45, 2.75) is 19.8 Å². The molecule has 3 rings (SSSR count). The lowest BCUT2D eigenvalue weighted by Crippen LogP contribution is -2.14. The van der Waals surface area contributed by atoms with Crippen LogP contribution in [0.1, 0.15) is 18.4 Å². The van der Waals surface area contributed by atoms with Gasteiger partial charge in [-0.3, -0.25) is 4.79 Å². The molecule has 0 bridgehead atoms. The van der Waals surface area contributed by atoms with E-state index in [1.54, 1.807) is 25.3 Å². The van der Waals surface area contributed by atoms with Gasteiger partial charge in [-0.25, -0.2) is 0 Å². The fraction of sp³-hybridized carbons (Fsp3) is 0.312. The summed E-state index contributed by atoms with van der Waals surface area (Å²) in [7, 11) is 1.58. The lowest BCUT2D eigenvalue weighted by Gasteiger charge is -2.12. The number of benzene rings is 1. The number of hydrogen-bond acceptors (Lipinski definition) is 5. The third-order valence-corrected chi connectivity index (χ3v) is 4.01.